The van der Waals surface area contributed by atoms with Gasteiger partial charge in [-0.05, 0) is 102 Å². The third-order valence-electron chi connectivity index (χ3n) is 8.07. The van der Waals surface area contributed by atoms with Crippen LogP contribution in [0.3, 0.4) is 0 Å². The molecule has 2 aromatic carbocycles. The van der Waals surface area contributed by atoms with E-state index in [1.807, 2.05) is 35.9 Å². The molecule has 40 heavy (non-hydrogen) atoms. The highest BCUT2D eigenvalue weighted by Gasteiger charge is 2.33. The molecule has 1 fully saturated rings. The van der Waals surface area contributed by atoms with Crippen molar-refractivity contribution in [1.82, 2.24) is 30.1 Å². The van der Waals surface area contributed by atoms with Crippen LogP contribution in [-0.2, 0) is 13.1 Å². The van der Waals surface area contributed by atoms with Crippen LogP contribution in [0.4, 0.5) is 4.39 Å². The number of aryl methyl sites for hydroxylation is 2. The molecule has 1 saturated carbocycles. The molecule has 0 aliphatic heterocycles. The van der Waals surface area contributed by atoms with E-state index in [0.717, 1.165) is 59.0 Å². The minimum absolute atomic E-state index is 0.168. The normalized spacial score (nSPS) is 15.2. The summed E-state index contributed by atoms with van der Waals surface area (Å²) >= 11 is 0. The number of H-pyrrole nitrogens is 1. The van der Waals surface area contributed by atoms with E-state index in [1.54, 1.807) is 18.4 Å². The number of nitrogens with zero attached hydrogens (tertiary/aromatic N) is 5. The Labute approximate surface area is 231 Å². The van der Waals surface area contributed by atoms with Crippen LogP contribution >= 0.6 is 0 Å². The number of aromatic nitrogens is 5. The standard InChI is InChI=1S/C31H33FN6O2/c1-20-15-23-17-27(31(39)33-28(23)16-21(20)2)29(30-34-35-36-38(30)25-7-4-3-5-8-25)37(19-26-9-6-14-40-26)18-22-10-12-24(32)13-11-22/h6,9-17,25,29H,3-5,7-8,18-19H2,1-2H3,(H,33,39)/t29-/m1/s1. The molecule has 6 rings (SSSR count). The lowest BCUT2D eigenvalue weighted by Gasteiger charge is -2.32. The lowest BCUT2D eigenvalue weighted by atomic mass is 9.95. The molecule has 0 unspecified atom stereocenters. The fourth-order valence-electron chi connectivity index (χ4n) is 5.83. The van der Waals surface area contributed by atoms with Gasteiger partial charge in [-0.1, -0.05) is 31.4 Å². The van der Waals surface area contributed by atoms with Gasteiger partial charge >= 0.3 is 0 Å². The summed E-state index contributed by atoms with van der Waals surface area (Å²) in [7, 11) is 0. The van der Waals surface area contributed by atoms with E-state index in [0.29, 0.717) is 24.5 Å². The van der Waals surface area contributed by atoms with Gasteiger partial charge in [0, 0.05) is 17.6 Å². The van der Waals surface area contributed by atoms with Crippen LogP contribution in [0, 0.1) is 19.7 Å². The van der Waals surface area contributed by atoms with E-state index < -0.39 is 6.04 Å². The molecule has 0 saturated heterocycles. The van der Waals surface area contributed by atoms with E-state index in [1.165, 1.54) is 18.6 Å². The van der Waals surface area contributed by atoms with Crippen LogP contribution in [0.15, 0.2) is 70.1 Å². The number of furan rings is 1. The van der Waals surface area contributed by atoms with Gasteiger partial charge in [-0.2, -0.15) is 0 Å². The fourth-order valence-corrected chi connectivity index (χ4v) is 5.83. The van der Waals surface area contributed by atoms with Crippen LogP contribution in [0.5, 0.6) is 0 Å². The predicted octanol–water partition coefficient (Wildman–Crippen LogP) is 6.16. The maximum atomic E-state index is 13.8. The highest BCUT2D eigenvalue weighted by Crippen LogP contribution is 2.35. The fraction of sp³-hybridized carbons (Fsp3) is 0.355. The van der Waals surface area contributed by atoms with Gasteiger partial charge in [-0.15, -0.1) is 5.10 Å². The van der Waals surface area contributed by atoms with Crippen molar-refractivity contribution in [2.75, 3.05) is 0 Å². The van der Waals surface area contributed by atoms with E-state index in [9.17, 15) is 9.18 Å². The van der Waals surface area contributed by atoms with Gasteiger partial charge in [0.2, 0.25) is 0 Å². The van der Waals surface area contributed by atoms with Gasteiger partial charge in [0.15, 0.2) is 5.82 Å². The quantitative estimate of drug-likeness (QED) is 0.253. The molecule has 3 heterocycles. The minimum atomic E-state index is -0.582. The molecule has 3 aromatic heterocycles. The Balaban J connectivity index is 1.53. The maximum Gasteiger partial charge on any atom is 0.253 e. The number of halogens is 1. The topological polar surface area (TPSA) is 92.8 Å². The molecule has 5 aromatic rings. The lowest BCUT2D eigenvalue weighted by Crippen LogP contribution is -2.35. The zero-order chi connectivity index (χ0) is 27.6. The number of hydrogen-bond acceptors (Lipinski definition) is 6. The van der Waals surface area contributed by atoms with E-state index >= 15 is 0 Å². The molecule has 0 bridgehead atoms. The number of fused-ring (bicyclic) bond motifs is 1. The molecule has 9 heteroatoms. The Bertz CT molecular complexity index is 1650. The van der Waals surface area contributed by atoms with Crippen LogP contribution < -0.4 is 5.56 Å². The zero-order valence-corrected chi connectivity index (χ0v) is 22.8. The van der Waals surface area contributed by atoms with E-state index in [-0.39, 0.29) is 17.4 Å². The highest BCUT2D eigenvalue weighted by atomic mass is 19.1. The van der Waals surface area contributed by atoms with E-state index in [2.05, 4.69) is 38.4 Å². The van der Waals surface area contributed by atoms with Crippen LogP contribution in [-0.4, -0.2) is 30.1 Å². The van der Waals surface area contributed by atoms with Crippen molar-refractivity contribution < 1.29 is 8.81 Å². The smallest absolute Gasteiger partial charge is 0.253 e. The first-order valence-electron chi connectivity index (χ1n) is 13.9. The van der Waals surface area contributed by atoms with Gasteiger partial charge in [0.25, 0.3) is 5.56 Å². The number of tetrazole rings is 1. The molecular formula is C31H33FN6O2. The van der Waals surface area contributed by atoms with Crippen molar-refractivity contribution >= 4 is 10.9 Å². The zero-order valence-electron chi connectivity index (χ0n) is 22.8. The van der Waals surface area contributed by atoms with Crippen molar-refractivity contribution in [2.24, 2.45) is 0 Å². The number of aromatic amines is 1. The second-order valence-corrected chi connectivity index (χ2v) is 10.9. The molecule has 0 radical (unpaired) electrons. The molecule has 1 atom stereocenters. The van der Waals surface area contributed by atoms with Gasteiger partial charge in [0.1, 0.15) is 17.6 Å². The van der Waals surface area contributed by atoms with Crippen LogP contribution in [0.1, 0.15) is 78.0 Å². The maximum absolute atomic E-state index is 13.8. The summed E-state index contributed by atoms with van der Waals surface area (Å²) in [4.78, 5) is 19.1. The Hall–Kier alpha value is -4.11. The summed E-state index contributed by atoms with van der Waals surface area (Å²) in [6.45, 7) is 4.93. The summed E-state index contributed by atoms with van der Waals surface area (Å²) < 4.78 is 21.5. The Morgan fingerprint density at radius 1 is 1.05 bits per heavy atom. The molecule has 1 aliphatic carbocycles. The first-order valence-corrected chi connectivity index (χ1v) is 13.9. The summed E-state index contributed by atoms with van der Waals surface area (Å²) in [5.41, 5.74) is 4.31. The van der Waals surface area contributed by atoms with Gasteiger partial charge < -0.3 is 9.40 Å². The average Bonchev–Trinajstić information content (AvgIpc) is 3.65. The highest BCUT2D eigenvalue weighted by molar-refractivity contribution is 5.81. The predicted molar refractivity (Wildman–Crippen MR) is 150 cm³/mol. The lowest BCUT2D eigenvalue weighted by molar-refractivity contribution is 0.173. The second kappa shape index (κ2) is 11.2. The Morgan fingerprint density at radius 2 is 1.82 bits per heavy atom. The van der Waals surface area contributed by atoms with Crippen LogP contribution in [0.25, 0.3) is 10.9 Å². The van der Waals surface area contributed by atoms with Crippen LogP contribution in [0.2, 0.25) is 0 Å². The molecular weight excluding hydrogens is 507 g/mol. The molecule has 1 N–H and O–H groups in total. The summed E-state index contributed by atoms with van der Waals surface area (Å²) in [6, 6.07) is 15.9. The first-order chi connectivity index (χ1) is 19.5. The van der Waals surface area contributed by atoms with E-state index in [4.69, 9.17) is 4.42 Å². The summed E-state index contributed by atoms with van der Waals surface area (Å²) in [6.07, 6.45) is 7.07. The summed E-state index contributed by atoms with van der Waals surface area (Å²) in [5.74, 6) is 1.07. The number of pyridine rings is 1. The monoisotopic (exact) mass is 540 g/mol. The molecule has 8 nitrogen and oxygen atoms in total. The third kappa shape index (κ3) is 5.34. The Kier molecular flexibility index (Phi) is 7.30. The number of nitrogens with one attached hydrogen (secondary N) is 1. The second-order valence-electron chi connectivity index (χ2n) is 10.9. The first kappa shape index (κ1) is 26.1. The van der Waals surface area contributed by atoms with Crippen molar-refractivity contribution in [3.8, 4) is 0 Å². The van der Waals surface area contributed by atoms with Gasteiger partial charge in [0.05, 0.1) is 18.8 Å². The number of benzene rings is 2. The third-order valence-corrected chi connectivity index (χ3v) is 8.07. The Morgan fingerprint density at radius 3 is 2.58 bits per heavy atom. The van der Waals surface area contributed by atoms with Crippen molar-refractivity contribution in [1.29, 1.82) is 0 Å². The van der Waals surface area contributed by atoms with Crippen molar-refractivity contribution in [3.63, 3.8) is 0 Å². The molecule has 1 aliphatic rings. The van der Waals surface area contributed by atoms with Crippen molar-refractivity contribution in [2.45, 2.75) is 71.1 Å². The van der Waals surface area contributed by atoms with Gasteiger partial charge in [-0.3, -0.25) is 9.69 Å². The molecule has 206 valence electrons. The van der Waals surface area contributed by atoms with Gasteiger partial charge in [-0.25, -0.2) is 9.07 Å². The number of hydrogen-bond donors (Lipinski definition) is 1. The largest absolute Gasteiger partial charge is 0.468 e. The molecule has 0 spiro atoms. The van der Waals surface area contributed by atoms with Crippen molar-refractivity contribution in [3.05, 3.63) is 111 Å². The molecule has 0 amide bonds. The minimum Gasteiger partial charge on any atom is -0.468 e. The number of rotatable bonds is 8. The summed E-state index contributed by atoms with van der Waals surface area (Å²) in [5, 5.41) is 14.0. The SMILES string of the molecule is Cc1cc2cc([C@H](c3nnnn3C3CCCCC3)N(Cc3ccc(F)cc3)Cc3ccco3)c(=O)[nH]c2cc1C. The average molecular weight is 541 g/mol.